The molecule has 0 radical (unpaired) electrons. The molecule has 7 nitrogen and oxygen atoms in total. The van der Waals surface area contributed by atoms with E-state index in [1.54, 1.807) is 48.8 Å². The molecule has 0 saturated carbocycles. The first-order valence-electron chi connectivity index (χ1n) is 10.6. The van der Waals surface area contributed by atoms with E-state index >= 15 is 0 Å². The summed E-state index contributed by atoms with van der Waals surface area (Å²) in [5.74, 6) is -0.322. The second kappa shape index (κ2) is 9.07. The summed E-state index contributed by atoms with van der Waals surface area (Å²) in [7, 11) is 3.91. The summed E-state index contributed by atoms with van der Waals surface area (Å²) in [6, 6.07) is 13.7. The standard InChI is InChI=1S/C25H25N3O4S/c1-5-32-24(31)21-15(2)26-25-28(22(21)17-8-10-18(11-9-17)27(3)4)23(30)20(33-25)14-16-6-12-19(29)13-7-16/h6-14,22,29H,5H2,1-4H3/t22-/m0/s1. The summed E-state index contributed by atoms with van der Waals surface area (Å²) in [6.45, 7) is 3.75. The molecule has 2 aromatic carbocycles. The van der Waals surface area contributed by atoms with E-state index in [4.69, 9.17) is 4.74 Å². The average Bonchev–Trinajstić information content (AvgIpc) is 3.09. The van der Waals surface area contributed by atoms with Crippen molar-refractivity contribution in [3.63, 3.8) is 0 Å². The Morgan fingerprint density at radius 1 is 1.18 bits per heavy atom. The number of aromatic nitrogens is 1. The van der Waals surface area contributed by atoms with Crippen LogP contribution in [0.1, 0.15) is 31.0 Å². The quantitative estimate of drug-likeness (QED) is 0.588. The van der Waals surface area contributed by atoms with Crippen LogP contribution in [-0.2, 0) is 9.53 Å². The third kappa shape index (κ3) is 4.34. The number of benzene rings is 2. The number of ether oxygens (including phenoxy) is 1. The van der Waals surface area contributed by atoms with E-state index in [1.807, 2.05) is 43.3 Å². The van der Waals surface area contributed by atoms with Gasteiger partial charge in [-0.3, -0.25) is 9.36 Å². The summed E-state index contributed by atoms with van der Waals surface area (Å²) in [4.78, 5) is 33.5. The zero-order valence-corrected chi connectivity index (χ0v) is 19.7. The van der Waals surface area contributed by atoms with Crippen LogP contribution in [0.4, 0.5) is 5.69 Å². The van der Waals surface area contributed by atoms with E-state index in [-0.39, 0.29) is 17.9 Å². The van der Waals surface area contributed by atoms with Gasteiger partial charge in [-0.05, 0) is 55.3 Å². The summed E-state index contributed by atoms with van der Waals surface area (Å²) >= 11 is 1.27. The molecule has 3 aromatic rings. The normalized spacial score (nSPS) is 15.8. The van der Waals surface area contributed by atoms with Gasteiger partial charge in [0.1, 0.15) is 5.75 Å². The van der Waals surface area contributed by atoms with Crippen LogP contribution in [0.15, 0.2) is 69.6 Å². The molecular weight excluding hydrogens is 438 g/mol. The van der Waals surface area contributed by atoms with E-state index in [2.05, 4.69) is 4.99 Å². The van der Waals surface area contributed by atoms with Crippen molar-refractivity contribution < 1.29 is 14.6 Å². The van der Waals surface area contributed by atoms with E-state index in [0.717, 1.165) is 16.8 Å². The molecule has 0 spiro atoms. The number of anilines is 1. The molecule has 0 fully saturated rings. The Balaban J connectivity index is 1.92. The molecule has 1 atom stereocenters. The molecule has 1 aliphatic heterocycles. The largest absolute Gasteiger partial charge is 0.508 e. The van der Waals surface area contributed by atoms with Crippen LogP contribution in [-0.4, -0.2) is 36.3 Å². The van der Waals surface area contributed by atoms with Crippen molar-refractivity contribution in [2.75, 3.05) is 25.6 Å². The lowest BCUT2D eigenvalue weighted by Gasteiger charge is -2.25. The highest BCUT2D eigenvalue weighted by atomic mass is 32.1. The molecule has 8 heteroatoms. The zero-order chi connectivity index (χ0) is 23.7. The third-order valence-corrected chi connectivity index (χ3v) is 6.42. The first-order valence-corrected chi connectivity index (χ1v) is 11.4. The van der Waals surface area contributed by atoms with Crippen molar-refractivity contribution in [3.8, 4) is 5.75 Å². The van der Waals surface area contributed by atoms with E-state index < -0.39 is 12.0 Å². The van der Waals surface area contributed by atoms with Gasteiger partial charge in [0.25, 0.3) is 5.56 Å². The molecule has 0 saturated heterocycles. The van der Waals surface area contributed by atoms with Crippen LogP contribution in [0.2, 0.25) is 0 Å². The number of hydrogen-bond donors (Lipinski definition) is 1. The first kappa shape index (κ1) is 22.5. The Labute approximate surface area is 195 Å². The van der Waals surface area contributed by atoms with Crippen LogP contribution in [0.25, 0.3) is 6.08 Å². The molecule has 1 aromatic heterocycles. The Hall–Kier alpha value is -3.65. The average molecular weight is 464 g/mol. The molecular formula is C25H25N3O4S. The van der Waals surface area contributed by atoms with Crippen LogP contribution in [0, 0.1) is 0 Å². The van der Waals surface area contributed by atoms with Crippen molar-refractivity contribution in [2.45, 2.75) is 19.9 Å². The maximum Gasteiger partial charge on any atom is 0.338 e. The molecule has 33 heavy (non-hydrogen) atoms. The Morgan fingerprint density at radius 2 is 1.85 bits per heavy atom. The molecule has 0 unspecified atom stereocenters. The fourth-order valence-corrected chi connectivity index (χ4v) is 4.83. The molecule has 0 aliphatic carbocycles. The maximum atomic E-state index is 13.5. The summed E-state index contributed by atoms with van der Waals surface area (Å²) in [5, 5.41) is 9.53. The van der Waals surface area contributed by atoms with Crippen molar-refractivity contribution in [1.82, 2.24) is 4.57 Å². The number of carbonyl (C=O) groups is 1. The number of phenols is 1. The number of carbonyl (C=O) groups excluding carboxylic acids is 1. The lowest BCUT2D eigenvalue weighted by molar-refractivity contribution is -0.139. The number of allylic oxidation sites excluding steroid dienone is 1. The highest BCUT2D eigenvalue weighted by Crippen LogP contribution is 2.31. The minimum absolute atomic E-state index is 0.157. The van der Waals surface area contributed by atoms with Crippen LogP contribution in [0.3, 0.4) is 0 Å². The van der Waals surface area contributed by atoms with Crippen LogP contribution < -0.4 is 19.8 Å². The number of thiazole rings is 1. The Morgan fingerprint density at radius 3 is 2.45 bits per heavy atom. The molecule has 4 rings (SSSR count). The minimum Gasteiger partial charge on any atom is -0.508 e. The van der Waals surface area contributed by atoms with Crippen LogP contribution >= 0.6 is 11.3 Å². The smallest absolute Gasteiger partial charge is 0.338 e. The van der Waals surface area contributed by atoms with Gasteiger partial charge in [0.05, 0.1) is 28.5 Å². The minimum atomic E-state index is -0.640. The second-order valence-electron chi connectivity index (χ2n) is 7.88. The number of nitrogens with zero attached hydrogens (tertiary/aromatic N) is 3. The number of rotatable bonds is 5. The van der Waals surface area contributed by atoms with Gasteiger partial charge in [0, 0.05) is 19.8 Å². The first-order chi connectivity index (χ1) is 15.8. The van der Waals surface area contributed by atoms with Gasteiger partial charge < -0.3 is 14.7 Å². The van der Waals surface area contributed by atoms with Crippen molar-refractivity contribution in [3.05, 3.63) is 90.6 Å². The van der Waals surface area contributed by atoms with Gasteiger partial charge in [-0.2, -0.15) is 0 Å². The van der Waals surface area contributed by atoms with Gasteiger partial charge in [-0.15, -0.1) is 0 Å². The van der Waals surface area contributed by atoms with Crippen LogP contribution in [0.5, 0.6) is 5.75 Å². The van der Waals surface area contributed by atoms with Gasteiger partial charge in [-0.25, -0.2) is 9.79 Å². The predicted octanol–water partition coefficient (Wildman–Crippen LogP) is 2.57. The van der Waals surface area contributed by atoms with Gasteiger partial charge in [-0.1, -0.05) is 35.6 Å². The number of hydrogen-bond acceptors (Lipinski definition) is 7. The monoisotopic (exact) mass is 463 g/mol. The molecule has 2 heterocycles. The highest BCUT2D eigenvalue weighted by Gasteiger charge is 2.33. The topological polar surface area (TPSA) is 84.1 Å². The number of esters is 1. The molecule has 0 amide bonds. The van der Waals surface area contributed by atoms with Gasteiger partial charge in [0.2, 0.25) is 0 Å². The Kier molecular flexibility index (Phi) is 6.20. The number of fused-ring (bicyclic) bond motifs is 1. The third-order valence-electron chi connectivity index (χ3n) is 5.43. The molecule has 1 N–H and O–H groups in total. The number of phenolic OH excluding ortho intramolecular Hbond substituents is 1. The van der Waals surface area contributed by atoms with Crippen molar-refractivity contribution >= 4 is 29.1 Å². The van der Waals surface area contributed by atoms with E-state index in [1.165, 1.54) is 11.3 Å². The second-order valence-corrected chi connectivity index (χ2v) is 8.89. The fourth-order valence-electron chi connectivity index (χ4n) is 3.78. The molecule has 1 aliphatic rings. The van der Waals surface area contributed by atoms with Gasteiger partial charge in [0.15, 0.2) is 4.80 Å². The number of aromatic hydroxyl groups is 1. The summed E-state index contributed by atoms with van der Waals surface area (Å²) < 4.78 is 7.39. The van der Waals surface area contributed by atoms with E-state index in [9.17, 15) is 14.7 Å². The Bertz CT molecular complexity index is 1400. The van der Waals surface area contributed by atoms with Gasteiger partial charge >= 0.3 is 5.97 Å². The van der Waals surface area contributed by atoms with Crippen molar-refractivity contribution in [1.29, 1.82) is 0 Å². The lowest BCUT2D eigenvalue weighted by Crippen LogP contribution is -2.39. The fraction of sp³-hybridized carbons (Fsp3) is 0.240. The maximum absolute atomic E-state index is 13.5. The molecule has 0 bridgehead atoms. The lowest BCUT2D eigenvalue weighted by atomic mass is 9.95. The predicted molar refractivity (Wildman–Crippen MR) is 129 cm³/mol. The highest BCUT2D eigenvalue weighted by molar-refractivity contribution is 7.07. The SMILES string of the molecule is CCOC(=O)C1=C(C)N=c2sc(=Cc3ccc(O)cc3)c(=O)n2[C@H]1c1ccc(N(C)C)cc1. The van der Waals surface area contributed by atoms with E-state index in [0.29, 0.717) is 20.6 Å². The van der Waals surface area contributed by atoms with Crippen molar-refractivity contribution in [2.24, 2.45) is 4.99 Å². The molecule has 170 valence electrons. The summed E-state index contributed by atoms with van der Waals surface area (Å²) in [5.41, 5.74) is 3.26. The summed E-state index contributed by atoms with van der Waals surface area (Å²) in [6.07, 6.45) is 1.76. The zero-order valence-electron chi connectivity index (χ0n) is 18.9.